The molecule has 0 heterocycles. The van der Waals surface area contributed by atoms with Crippen LogP contribution < -0.4 is 10.2 Å². The average Bonchev–Trinajstić information content (AvgIpc) is 1.88. The number of ether oxygens (including phenoxy) is 1. The van der Waals surface area contributed by atoms with Crippen LogP contribution in [0.25, 0.3) is 0 Å². The van der Waals surface area contributed by atoms with Crippen molar-refractivity contribution < 1.29 is 4.74 Å². The van der Waals surface area contributed by atoms with Gasteiger partial charge < -0.3 is 4.74 Å². The second-order valence-corrected chi connectivity index (χ2v) is 2.23. The van der Waals surface area contributed by atoms with Gasteiger partial charge in [-0.05, 0) is 18.6 Å². The zero-order valence-electron chi connectivity index (χ0n) is 6.22. The summed E-state index contributed by atoms with van der Waals surface area (Å²) in [7, 11) is 7.18. The van der Waals surface area contributed by atoms with Gasteiger partial charge in [0.1, 0.15) is 13.6 Å². The fraction of sp³-hybridized carbons (Fsp3) is 0.250. The topological polar surface area (TPSA) is 9.23 Å². The third-order valence-electron chi connectivity index (χ3n) is 1.42. The molecule has 2 heteroatoms. The molecule has 0 bridgehead atoms. The molecule has 50 valence electrons. The van der Waals surface area contributed by atoms with Gasteiger partial charge in [-0.25, -0.2) is 0 Å². The summed E-state index contributed by atoms with van der Waals surface area (Å²) in [4.78, 5) is 0. The van der Waals surface area contributed by atoms with Crippen LogP contribution in [0.3, 0.4) is 0 Å². The lowest BCUT2D eigenvalue weighted by molar-refractivity contribution is 0.412. The fourth-order valence-electron chi connectivity index (χ4n) is 0.902. The maximum atomic E-state index is 5.53. The van der Waals surface area contributed by atoms with E-state index in [-0.39, 0.29) is 0 Å². The normalized spacial score (nSPS) is 9.40. The van der Waals surface area contributed by atoms with Gasteiger partial charge in [0.15, 0.2) is 0 Å². The first-order valence-corrected chi connectivity index (χ1v) is 3.14. The van der Waals surface area contributed by atoms with Crippen molar-refractivity contribution in [2.24, 2.45) is 0 Å². The van der Waals surface area contributed by atoms with Crippen molar-refractivity contribution in [3.63, 3.8) is 0 Å². The number of aryl methyl sites for hydroxylation is 1. The van der Waals surface area contributed by atoms with Gasteiger partial charge in [0, 0.05) is 0 Å². The minimum Gasteiger partial charge on any atom is -0.496 e. The van der Waals surface area contributed by atoms with E-state index in [0.717, 1.165) is 16.8 Å². The monoisotopic (exact) mass is 132 g/mol. The molecule has 0 saturated heterocycles. The van der Waals surface area contributed by atoms with Crippen LogP contribution in [0.15, 0.2) is 18.2 Å². The second kappa shape index (κ2) is 2.78. The third-order valence-corrected chi connectivity index (χ3v) is 1.42. The third kappa shape index (κ3) is 1.32. The van der Waals surface area contributed by atoms with E-state index >= 15 is 0 Å². The van der Waals surface area contributed by atoms with Crippen LogP contribution in [0.4, 0.5) is 0 Å². The Hall–Kier alpha value is -0.915. The number of hydrogen-bond donors (Lipinski definition) is 0. The number of benzene rings is 1. The first kappa shape index (κ1) is 7.20. The number of hydrogen-bond acceptors (Lipinski definition) is 1. The molecule has 0 aliphatic rings. The lowest BCUT2D eigenvalue weighted by atomic mass is 9.94. The van der Waals surface area contributed by atoms with Gasteiger partial charge in [-0.15, -0.1) is 0 Å². The molecule has 2 radical (unpaired) electrons. The van der Waals surface area contributed by atoms with Crippen LogP contribution >= 0.6 is 0 Å². The van der Waals surface area contributed by atoms with E-state index in [1.807, 2.05) is 25.1 Å². The molecule has 0 atom stereocenters. The summed E-state index contributed by atoms with van der Waals surface area (Å²) in [6.45, 7) is 1.97. The van der Waals surface area contributed by atoms with Crippen LogP contribution in [0.2, 0.25) is 0 Å². The maximum absolute atomic E-state index is 5.53. The summed E-state index contributed by atoms with van der Waals surface area (Å²) in [5.74, 6) is 0.884. The summed E-state index contributed by atoms with van der Waals surface area (Å²) < 4.78 is 5.04. The quantitative estimate of drug-likeness (QED) is 0.513. The highest BCUT2D eigenvalue weighted by molar-refractivity contribution is 6.32. The SMILES string of the molecule is [B]c1ccc(OC)c(C)c1. The molecule has 0 saturated carbocycles. The summed E-state index contributed by atoms with van der Waals surface area (Å²) >= 11 is 0. The van der Waals surface area contributed by atoms with E-state index in [4.69, 9.17) is 12.6 Å². The minimum atomic E-state index is 0.776. The predicted octanol–water partition coefficient (Wildman–Crippen LogP) is 0.797. The molecule has 0 spiro atoms. The average molecular weight is 132 g/mol. The van der Waals surface area contributed by atoms with Gasteiger partial charge in [-0.3, -0.25) is 0 Å². The molecule has 1 aromatic rings. The van der Waals surface area contributed by atoms with Crippen LogP contribution in [-0.2, 0) is 0 Å². The molecule has 0 aliphatic heterocycles. The van der Waals surface area contributed by atoms with Gasteiger partial charge in [-0.2, -0.15) is 0 Å². The van der Waals surface area contributed by atoms with Crippen molar-refractivity contribution in [3.05, 3.63) is 23.8 Å². The Morgan fingerprint density at radius 2 is 2.10 bits per heavy atom. The molecule has 0 unspecified atom stereocenters. The second-order valence-electron chi connectivity index (χ2n) is 2.23. The summed E-state index contributed by atoms with van der Waals surface area (Å²) in [5, 5.41) is 0. The van der Waals surface area contributed by atoms with Crippen LogP contribution in [0, 0.1) is 6.92 Å². The Labute approximate surface area is 62.4 Å². The van der Waals surface area contributed by atoms with Gasteiger partial charge in [0.25, 0.3) is 0 Å². The van der Waals surface area contributed by atoms with E-state index < -0.39 is 0 Å². The molecular weight excluding hydrogens is 123 g/mol. The molecule has 1 aromatic carbocycles. The maximum Gasteiger partial charge on any atom is 0.121 e. The van der Waals surface area contributed by atoms with Crippen LogP contribution in [0.1, 0.15) is 5.56 Å². The van der Waals surface area contributed by atoms with E-state index in [0.29, 0.717) is 0 Å². The van der Waals surface area contributed by atoms with Crippen molar-refractivity contribution in [2.75, 3.05) is 7.11 Å². The zero-order chi connectivity index (χ0) is 7.56. The van der Waals surface area contributed by atoms with E-state index in [1.165, 1.54) is 0 Å². The lowest BCUT2D eigenvalue weighted by Crippen LogP contribution is -2.02. The molecule has 0 N–H and O–H groups in total. The minimum absolute atomic E-state index is 0.776. The van der Waals surface area contributed by atoms with Crippen molar-refractivity contribution in [2.45, 2.75) is 6.92 Å². The molecule has 1 rings (SSSR count). The predicted molar refractivity (Wildman–Crippen MR) is 43.1 cm³/mol. The van der Waals surface area contributed by atoms with Crippen LogP contribution in [0.5, 0.6) is 5.75 Å². The highest BCUT2D eigenvalue weighted by atomic mass is 16.5. The Bertz CT molecular complexity index is 233. The first-order valence-electron chi connectivity index (χ1n) is 3.14. The summed E-state index contributed by atoms with van der Waals surface area (Å²) in [6, 6.07) is 5.58. The van der Waals surface area contributed by atoms with Gasteiger partial charge in [0.05, 0.1) is 7.11 Å². The Morgan fingerprint density at radius 3 is 2.60 bits per heavy atom. The van der Waals surface area contributed by atoms with Crippen molar-refractivity contribution >= 4 is 13.3 Å². The van der Waals surface area contributed by atoms with E-state index in [2.05, 4.69) is 0 Å². The van der Waals surface area contributed by atoms with E-state index in [1.54, 1.807) is 7.11 Å². The molecule has 0 aliphatic carbocycles. The van der Waals surface area contributed by atoms with Gasteiger partial charge >= 0.3 is 0 Å². The van der Waals surface area contributed by atoms with Gasteiger partial charge in [0.2, 0.25) is 0 Å². The molecule has 0 aromatic heterocycles. The standard InChI is InChI=1S/C8H9BO/c1-6-5-7(9)3-4-8(6)10-2/h3-5H,1-2H3. The summed E-state index contributed by atoms with van der Waals surface area (Å²) in [6.07, 6.45) is 0. The smallest absolute Gasteiger partial charge is 0.121 e. The molecular formula is C8H9BO. The zero-order valence-corrected chi connectivity index (χ0v) is 6.22. The molecule has 0 amide bonds. The molecule has 10 heavy (non-hydrogen) atoms. The molecule has 0 fully saturated rings. The van der Waals surface area contributed by atoms with Crippen LogP contribution in [-0.4, -0.2) is 15.0 Å². The number of methoxy groups -OCH3 is 1. The largest absolute Gasteiger partial charge is 0.496 e. The lowest BCUT2D eigenvalue weighted by Gasteiger charge is -2.03. The Morgan fingerprint density at radius 1 is 1.40 bits per heavy atom. The van der Waals surface area contributed by atoms with E-state index in [9.17, 15) is 0 Å². The summed E-state index contributed by atoms with van der Waals surface area (Å²) in [5.41, 5.74) is 1.85. The number of rotatable bonds is 1. The Balaban J connectivity index is 3.07. The Kier molecular flexibility index (Phi) is 2.00. The van der Waals surface area contributed by atoms with Crippen molar-refractivity contribution in [3.8, 4) is 5.75 Å². The molecule has 1 nitrogen and oxygen atoms in total. The highest BCUT2D eigenvalue weighted by Gasteiger charge is 1.94. The first-order chi connectivity index (χ1) is 4.74. The fourth-order valence-corrected chi connectivity index (χ4v) is 0.902. The van der Waals surface area contributed by atoms with Crippen molar-refractivity contribution in [1.29, 1.82) is 0 Å². The van der Waals surface area contributed by atoms with Crippen molar-refractivity contribution in [1.82, 2.24) is 0 Å². The van der Waals surface area contributed by atoms with Gasteiger partial charge in [-0.1, -0.05) is 17.6 Å². The highest BCUT2D eigenvalue weighted by Crippen LogP contribution is 2.13.